The van der Waals surface area contributed by atoms with Crippen LogP contribution in [0.15, 0.2) is 18.2 Å². The number of nitro groups is 1. The number of hydrogen-bond acceptors (Lipinski definition) is 5. The fourth-order valence-electron chi connectivity index (χ4n) is 0.977. The predicted octanol–water partition coefficient (Wildman–Crippen LogP) is 0.951. The quantitative estimate of drug-likeness (QED) is 0.555. The van der Waals surface area contributed by atoms with E-state index in [0.717, 1.165) is 0 Å². The Labute approximate surface area is 80.2 Å². The van der Waals surface area contributed by atoms with Gasteiger partial charge in [-0.1, -0.05) is 0 Å². The molecule has 0 unspecified atom stereocenters. The summed E-state index contributed by atoms with van der Waals surface area (Å²) in [6.07, 6.45) is 0. The summed E-state index contributed by atoms with van der Waals surface area (Å²) in [5.74, 6) is 0.000139. The van der Waals surface area contributed by atoms with Crippen molar-refractivity contribution in [1.82, 2.24) is 5.48 Å². The zero-order valence-corrected chi connectivity index (χ0v) is 7.56. The van der Waals surface area contributed by atoms with E-state index in [0.29, 0.717) is 5.56 Å². The van der Waals surface area contributed by atoms with Crippen molar-refractivity contribution in [3.05, 3.63) is 33.9 Å². The van der Waals surface area contributed by atoms with Crippen LogP contribution in [-0.4, -0.2) is 17.1 Å². The van der Waals surface area contributed by atoms with Gasteiger partial charge in [-0.25, -0.2) is 0 Å². The number of nitro benzene ring substituents is 1. The molecule has 1 aromatic carbocycles. The van der Waals surface area contributed by atoms with Gasteiger partial charge in [0.05, 0.1) is 12.0 Å². The van der Waals surface area contributed by atoms with Gasteiger partial charge in [0.2, 0.25) is 0 Å². The van der Waals surface area contributed by atoms with Gasteiger partial charge in [-0.2, -0.15) is 5.48 Å². The highest BCUT2D eigenvalue weighted by atomic mass is 16.6. The average Bonchev–Trinajstić information content (AvgIpc) is 2.16. The molecule has 0 atom stereocenters. The second-order valence-electron chi connectivity index (χ2n) is 2.60. The normalized spacial score (nSPS) is 10.1. The number of aromatic hydroxyl groups is 1. The number of rotatable bonds is 4. The number of nitrogens with zero attached hydrogens (tertiary/aromatic N) is 1. The van der Waals surface area contributed by atoms with Crippen LogP contribution < -0.4 is 5.48 Å². The van der Waals surface area contributed by atoms with E-state index in [4.69, 9.17) is 0 Å². The lowest BCUT2D eigenvalue weighted by atomic mass is 10.2. The highest BCUT2D eigenvalue weighted by Gasteiger charge is 2.09. The summed E-state index contributed by atoms with van der Waals surface area (Å²) < 4.78 is 0. The second-order valence-corrected chi connectivity index (χ2v) is 2.60. The van der Waals surface area contributed by atoms with Gasteiger partial charge in [0.15, 0.2) is 0 Å². The van der Waals surface area contributed by atoms with E-state index in [1.807, 2.05) is 0 Å². The lowest BCUT2D eigenvalue weighted by Gasteiger charge is -2.04. The van der Waals surface area contributed by atoms with Crippen molar-refractivity contribution in [2.75, 3.05) is 7.11 Å². The molecule has 14 heavy (non-hydrogen) atoms. The number of phenols is 1. The Morgan fingerprint density at radius 2 is 2.36 bits per heavy atom. The van der Waals surface area contributed by atoms with Crippen molar-refractivity contribution in [2.24, 2.45) is 0 Å². The first-order valence-electron chi connectivity index (χ1n) is 3.87. The summed E-state index contributed by atoms with van der Waals surface area (Å²) in [5, 5.41) is 19.7. The van der Waals surface area contributed by atoms with Crippen LogP contribution in [-0.2, 0) is 11.4 Å². The molecule has 0 aromatic heterocycles. The minimum atomic E-state index is -0.518. The van der Waals surface area contributed by atoms with E-state index in [1.165, 1.54) is 25.3 Å². The summed E-state index contributed by atoms with van der Waals surface area (Å²) >= 11 is 0. The Kier molecular flexibility index (Phi) is 3.38. The summed E-state index contributed by atoms with van der Waals surface area (Å²) in [6.45, 7) is 0.212. The Morgan fingerprint density at radius 3 is 2.93 bits per heavy atom. The lowest BCUT2D eigenvalue weighted by molar-refractivity contribution is -0.384. The number of nitrogens with one attached hydrogen (secondary N) is 1. The Hall–Kier alpha value is -1.66. The van der Waals surface area contributed by atoms with E-state index >= 15 is 0 Å². The van der Waals surface area contributed by atoms with Crippen molar-refractivity contribution >= 4 is 5.69 Å². The van der Waals surface area contributed by atoms with Crippen molar-refractivity contribution in [3.8, 4) is 5.75 Å². The predicted molar refractivity (Wildman–Crippen MR) is 48.6 cm³/mol. The first-order chi connectivity index (χ1) is 6.65. The van der Waals surface area contributed by atoms with Crippen LogP contribution in [0.5, 0.6) is 5.75 Å². The molecule has 0 radical (unpaired) electrons. The van der Waals surface area contributed by atoms with Gasteiger partial charge in [0, 0.05) is 24.2 Å². The molecule has 0 amide bonds. The van der Waals surface area contributed by atoms with Gasteiger partial charge in [-0.3, -0.25) is 10.1 Å². The molecule has 6 heteroatoms. The van der Waals surface area contributed by atoms with Gasteiger partial charge in [0.25, 0.3) is 5.69 Å². The summed E-state index contributed by atoms with van der Waals surface area (Å²) in [7, 11) is 1.43. The number of benzene rings is 1. The van der Waals surface area contributed by atoms with Crippen molar-refractivity contribution in [3.63, 3.8) is 0 Å². The molecule has 76 valence electrons. The monoisotopic (exact) mass is 198 g/mol. The molecule has 6 nitrogen and oxygen atoms in total. The van der Waals surface area contributed by atoms with E-state index in [-0.39, 0.29) is 18.0 Å². The van der Waals surface area contributed by atoms with Gasteiger partial charge in [-0.05, 0) is 6.07 Å². The maximum absolute atomic E-state index is 10.4. The second kappa shape index (κ2) is 4.54. The smallest absolute Gasteiger partial charge is 0.270 e. The number of hydroxylamine groups is 1. The largest absolute Gasteiger partial charge is 0.508 e. The zero-order valence-electron chi connectivity index (χ0n) is 7.56. The van der Waals surface area contributed by atoms with E-state index < -0.39 is 4.92 Å². The third-order valence-electron chi connectivity index (χ3n) is 1.68. The van der Waals surface area contributed by atoms with Crippen molar-refractivity contribution in [2.45, 2.75) is 6.54 Å². The topological polar surface area (TPSA) is 84.6 Å². The molecule has 2 N–H and O–H groups in total. The fraction of sp³-hybridized carbons (Fsp3) is 0.250. The molecule has 0 bridgehead atoms. The van der Waals surface area contributed by atoms with Gasteiger partial charge < -0.3 is 9.94 Å². The number of phenolic OH excluding ortho intramolecular Hbond substituents is 1. The molecule has 1 aromatic rings. The first kappa shape index (κ1) is 10.4. The molecule has 0 saturated carbocycles. The molecule has 0 aliphatic heterocycles. The van der Waals surface area contributed by atoms with Crippen LogP contribution in [0.3, 0.4) is 0 Å². The van der Waals surface area contributed by atoms with Crippen molar-refractivity contribution in [1.29, 1.82) is 0 Å². The summed E-state index contributed by atoms with van der Waals surface area (Å²) in [6, 6.07) is 3.82. The highest BCUT2D eigenvalue weighted by molar-refractivity contribution is 5.42. The minimum Gasteiger partial charge on any atom is -0.508 e. The van der Waals surface area contributed by atoms with Crippen LogP contribution in [0.4, 0.5) is 5.69 Å². The summed E-state index contributed by atoms with van der Waals surface area (Å²) in [5.41, 5.74) is 2.85. The SMILES string of the molecule is CONCc1cc([N+](=O)[O-])ccc1O. The maximum atomic E-state index is 10.4. The minimum absolute atomic E-state index is 0.000139. The highest BCUT2D eigenvalue weighted by Crippen LogP contribution is 2.22. The Morgan fingerprint density at radius 1 is 1.64 bits per heavy atom. The maximum Gasteiger partial charge on any atom is 0.270 e. The Bertz CT molecular complexity index is 340. The standard InChI is InChI=1S/C8H10N2O4/c1-14-9-5-6-4-7(10(12)13)2-3-8(6)11/h2-4,9,11H,5H2,1H3. The van der Waals surface area contributed by atoms with E-state index in [1.54, 1.807) is 0 Å². The van der Waals surface area contributed by atoms with Crippen LogP contribution in [0.25, 0.3) is 0 Å². The van der Waals surface area contributed by atoms with Crippen LogP contribution in [0.1, 0.15) is 5.56 Å². The molecule has 0 aliphatic rings. The molecule has 0 aliphatic carbocycles. The average molecular weight is 198 g/mol. The molecule has 0 heterocycles. The molecule has 0 spiro atoms. The number of non-ortho nitro benzene ring substituents is 1. The molecular weight excluding hydrogens is 188 g/mol. The van der Waals surface area contributed by atoms with Crippen molar-refractivity contribution < 1.29 is 14.9 Å². The zero-order chi connectivity index (χ0) is 10.6. The van der Waals surface area contributed by atoms with Gasteiger partial charge in [0.1, 0.15) is 5.75 Å². The molecule has 0 saturated heterocycles. The van der Waals surface area contributed by atoms with Crippen LogP contribution in [0.2, 0.25) is 0 Å². The summed E-state index contributed by atoms with van der Waals surface area (Å²) in [4.78, 5) is 14.5. The van der Waals surface area contributed by atoms with Crippen LogP contribution in [0, 0.1) is 10.1 Å². The van der Waals surface area contributed by atoms with E-state index in [9.17, 15) is 15.2 Å². The van der Waals surface area contributed by atoms with Gasteiger partial charge in [-0.15, -0.1) is 0 Å². The molecule has 0 fully saturated rings. The first-order valence-corrected chi connectivity index (χ1v) is 3.87. The Balaban J connectivity index is 2.90. The number of hydrogen-bond donors (Lipinski definition) is 2. The van der Waals surface area contributed by atoms with Gasteiger partial charge >= 0.3 is 0 Å². The molecule has 1 rings (SSSR count). The molecular formula is C8H10N2O4. The van der Waals surface area contributed by atoms with Crippen LogP contribution >= 0.6 is 0 Å². The van der Waals surface area contributed by atoms with E-state index in [2.05, 4.69) is 10.3 Å². The third-order valence-corrected chi connectivity index (χ3v) is 1.68. The third kappa shape index (κ3) is 2.41. The fourth-order valence-corrected chi connectivity index (χ4v) is 0.977. The lowest BCUT2D eigenvalue weighted by Crippen LogP contribution is -2.10.